The van der Waals surface area contributed by atoms with Crippen molar-refractivity contribution in [2.24, 2.45) is 0 Å². The monoisotopic (exact) mass is 353 g/mol. The van der Waals surface area contributed by atoms with E-state index in [1.807, 2.05) is 32.0 Å². The maximum absolute atomic E-state index is 12.6. The van der Waals surface area contributed by atoms with Gasteiger partial charge in [-0.15, -0.1) is 0 Å². The van der Waals surface area contributed by atoms with Crippen LogP contribution < -0.4 is 15.7 Å². The third-order valence-electron chi connectivity index (χ3n) is 3.71. The summed E-state index contributed by atoms with van der Waals surface area (Å²) < 4.78 is 0. The standard InChI is InChI=1S/C20H22N2O4/c1-13-10-14(2)12-15(11-13)21-20(26)16-6-3-4-7-17(16)22-18(23)8-5-9-19(24)25/h3-4,6-7,10-12H,5,8-9H2,1-2H3,(H,21,26)(H,22,23)(H,24,25)/p-1. The van der Waals surface area contributed by atoms with Crippen molar-refractivity contribution in [2.45, 2.75) is 33.1 Å². The molecule has 0 aromatic heterocycles. The molecule has 0 atom stereocenters. The van der Waals surface area contributed by atoms with Crippen molar-refractivity contribution in [3.8, 4) is 0 Å². The van der Waals surface area contributed by atoms with Crippen LogP contribution in [-0.2, 0) is 9.59 Å². The highest BCUT2D eigenvalue weighted by Gasteiger charge is 2.13. The molecule has 0 radical (unpaired) electrons. The molecule has 2 amide bonds. The van der Waals surface area contributed by atoms with Gasteiger partial charge in [0.25, 0.3) is 5.91 Å². The van der Waals surface area contributed by atoms with Gasteiger partial charge in [0.05, 0.1) is 11.3 Å². The number of hydrogen-bond acceptors (Lipinski definition) is 4. The molecule has 0 heterocycles. The molecule has 26 heavy (non-hydrogen) atoms. The minimum atomic E-state index is -1.19. The molecule has 6 nitrogen and oxygen atoms in total. The average Bonchev–Trinajstić information content (AvgIpc) is 2.53. The number of benzene rings is 2. The summed E-state index contributed by atoms with van der Waals surface area (Å²) in [6.07, 6.45) is 0.0500. The largest absolute Gasteiger partial charge is 0.550 e. The Bertz CT molecular complexity index is 810. The Morgan fingerprint density at radius 3 is 2.23 bits per heavy atom. The second kappa shape index (κ2) is 8.80. The van der Waals surface area contributed by atoms with Crippen LogP contribution in [0.2, 0.25) is 0 Å². The normalized spacial score (nSPS) is 10.2. The molecular formula is C20H21N2O4-. The number of carbonyl (C=O) groups is 3. The predicted molar refractivity (Wildman–Crippen MR) is 97.8 cm³/mol. The van der Waals surface area contributed by atoms with Gasteiger partial charge >= 0.3 is 0 Å². The molecule has 2 aromatic rings. The maximum atomic E-state index is 12.6. The van der Waals surface area contributed by atoms with Crippen LogP contribution in [-0.4, -0.2) is 17.8 Å². The van der Waals surface area contributed by atoms with Crippen molar-refractivity contribution < 1.29 is 19.5 Å². The van der Waals surface area contributed by atoms with Crippen molar-refractivity contribution in [3.05, 3.63) is 59.2 Å². The zero-order valence-corrected chi connectivity index (χ0v) is 14.8. The van der Waals surface area contributed by atoms with Gasteiger partial charge in [-0.25, -0.2) is 0 Å². The molecule has 6 heteroatoms. The highest BCUT2D eigenvalue weighted by molar-refractivity contribution is 6.10. The fourth-order valence-corrected chi connectivity index (χ4v) is 2.64. The molecule has 0 saturated carbocycles. The highest BCUT2D eigenvalue weighted by atomic mass is 16.4. The van der Waals surface area contributed by atoms with Crippen LogP contribution in [0.25, 0.3) is 0 Å². The lowest BCUT2D eigenvalue weighted by atomic mass is 10.1. The lowest BCUT2D eigenvalue weighted by molar-refractivity contribution is -0.305. The zero-order valence-electron chi connectivity index (χ0n) is 14.8. The first-order valence-corrected chi connectivity index (χ1v) is 8.33. The number of carboxylic acids is 1. The van der Waals surface area contributed by atoms with Crippen LogP contribution in [0.5, 0.6) is 0 Å². The fraction of sp³-hybridized carbons (Fsp3) is 0.250. The van der Waals surface area contributed by atoms with Crippen molar-refractivity contribution in [3.63, 3.8) is 0 Å². The van der Waals surface area contributed by atoms with Crippen LogP contribution in [0.3, 0.4) is 0 Å². The van der Waals surface area contributed by atoms with Gasteiger partial charge in [0.1, 0.15) is 0 Å². The SMILES string of the molecule is Cc1cc(C)cc(NC(=O)c2ccccc2NC(=O)CCCC(=O)[O-])c1. The Kier molecular flexibility index (Phi) is 6.49. The van der Waals surface area contributed by atoms with Gasteiger partial charge < -0.3 is 20.5 Å². The first-order chi connectivity index (χ1) is 12.3. The first-order valence-electron chi connectivity index (χ1n) is 8.33. The number of hydrogen-bond donors (Lipinski definition) is 2. The summed E-state index contributed by atoms with van der Waals surface area (Å²) in [5.41, 5.74) is 3.47. The Morgan fingerprint density at radius 1 is 0.923 bits per heavy atom. The second-order valence-electron chi connectivity index (χ2n) is 6.15. The summed E-state index contributed by atoms with van der Waals surface area (Å²) in [5, 5.41) is 15.9. The fourth-order valence-electron chi connectivity index (χ4n) is 2.64. The van der Waals surface area contributed by atoms with Crippen molar-refractivity contribution in [1.29, 1.82) is 0 Å². The number of anilines is 2. The van der Waals surface area contributed by atoms with E-state index in [0.717, 1.165) is 11.1 Å². The summed E-state index contributed by atoms with van der Waals surface area (Å²) in [7, 11) is 0. The van der Waals surface area contributed by atoms with E-state index in [9.17, 15) is 19.5 Å². The summed E-state index contributed by atoms with van der Waals surface area (Å²) in [5.74, 6) is -1.87. The van der Waals surface area contributed by atoms with Gasteiger partial charge in [-0.2, -0.15) is 0 Å². The van der Waals surface area contributed by atoms with Gasteiger partial charge in [-0.1, -0.05) is 18.2 Å². The third kappa shape index (κ3) is 5.73. The number of carboxylic acid groups (broad SMARTS) is 1. The second-order valence-corrected chi connectivity index (χ2v) is 6.15. The molecular weight excluding hydrogens is 332 g/mol. The summed E-state index contributed by atoms with van der Waals surface area (Å²) >= 11 is 0. The van der Waals surface area contributed by atoms with Gasteiger partial charge in [0.15, 0.2) is 0 Å². The lowest BCUT2D eigenvalue weighted by Gasteiger charge is -2.12. The van der Waals surface area contributed by atoms with Gasteiger partial charge in [0.2, 0.25) is 5.91 Å². The molecule has 0 saturated heterocycles. The number of carbonyl (C=O) groups excluding carboxylic acids is 3. The number of para-hydroxylation sites is 1. The minimum Gasteiger partial charge on any atom is -0.550 e. The van der Waals surface area contributed by atoms with Crippen LogP contribution in [0, 0.1) is 13.8 Å². The van der Waals surface area contributed by atoms with E-state index >= 15 is 0 Å². The highest BCUT2D eigenvalue weighted by Crippen LogP contribution is 2.19. The van der Waals surface area contributed by atoms with E-state index in [1.54, 1.807) is 24.3 Å². The third-order valence-corrected chi connectivity index (χ3v) is 3.71. The molecule has 2 aromatic carbocycles. The Morgan fingerprint density at radius 2 is 1.58 bits per heavy atom. The molecule has 2 N–H and O–H groups in total. The molecule has 2 rings (SSSR count). The van der Waals surface area contributed by atoms with Gasteiger partial charge in [0, 0.05) is 18.1 Å². The molecule has 136 valence electrons. The van der Waals surface area contributed by atoms with E-state index in [1.165, 1.54) is 0 Å². The van der Waals surface area contributed by atoms with E-state index in [2.05, 4.69) is 10.6 Å². The molecule has 0 spiro atoms. The van der Waals surface area contributed by atoms with E-state index in [-0.39, 0.29) is 31.1 Å². The van der Waals surface area contributed by atoms with Crippen LogP contribution in [0.1, 0.15) is 40.7 Å². The van der Waals surface area contributed by atoms with Crippen molar-refractivity contribution in [2.75, 3.05) is 10.6 Å². The Hall–Kier alpha value is -3.15. The van der Waals surface area contributed by atoms with Gasteiger partial charge in [-0.3, -0.25) is 9.59 Å². The number of aryl methyl sites for hydroxylation is 2. The molecule has 0 aliphatic rings. The lowest BCUT2D eigenvalue weighted by Crippen LogP contribution is -2.22. The van der Waals surface area contributed by atoms with Crippen LogP contribution in [0.4, 0.5) is 11.4 Å². The Balaban J connectivity index is 2.08. The number of rotatable bonds is 7. The first kappa shape index (κ1) is 19.2. The molecule has 0 aliphatic heterocycles. The zero-order chi connectivity index (χ0) is 19.1. The molecule has 0 fully saturated rings. The number of nitrogens with one attached hydrogen (secondary N) is 2. The topological polar surface area (TPSA) is 98.3 Å². The van der Waals surface area contributed by atoms with Crippen molar-refractivity contribution >= 4 is 29.2 Å². The summed E-state index contributed by atoms with van der Waals surface area (Å²) in [6.45, 7) is 3.90. The van der Waals surface area contributed by atoms with Crippen LogP contribution in [0.15, 0.2) is 42.5 Å². The number of aliphatic carboxylic acids is 1. The van der Waals surface area contributed by atoms with Crippen LogP contribution >= 0.6 is 0 Å². The molecule has 0 unspecified atom stereocenters. The minimum absolute atomic E-state index is 0.0427. The molecule has 0 aliphatic carbocycles. The predicted octanol–water partition coefficient (Wildman–Crippen LogP) is 2.41. The number of amides is 2. The van der Waals surface area contributed by atoms with E-state index < -0.39 is 5.97 Å². The van der Waals surface area contributed by atoms with E-state index in [0.29, 0.717) is 16.9 Å². The summed E-state index contributed by atoms with van der Waals surface area (Å²) in [4.78, 5) is 35.0. The Labute approximate surface area is 152 Å². The average molecular weight is 353 g/mol. The van der Waals surface area contributed by atoms with E-state index in [4.69, 9.17) is 0 Å². The molecule has 0 bridgehead atoms. The van der Waals surface area contributed by atoms with Crippen molar-refractivity contribution in [1.82, 2.24) is 0 Å². The summed E-state index contributed by atoms with van der Waals surface area (Å²) in [6, 6.07) is 12.4. The maximum Gasteiger partial charge on any atom is 0.257 e. The quantitative estimate of drug-likeness (QED) is 0.798. The van der Waals surface area contributed by atoms with Gasteiger partial charge in [-0.05, 0) is 62.1 Å². The smallest absolute Gasteiger partial charge is 0.257 e.